The Balaban J connectivity index is 1.70. The zero-order valence-electron chi connectivity index (χ0n) is 11.7. The van der Waals surface area contributed by atoms with Crippen LogP contribution in [-0.4, -0.2) is 20.7 Å². The summed E-state index contributed by atoms with van der Waals surface area (Å²) in [5.41, 5.74) is 0.0492. The molecule has 0 bridgehead atoms. The van der Waals surface area contributed by atoms with E-state index in [1.165, 1.54) is 18.6 Å². The minimum Gasteiger partial charge on any atom is -0.345 e. The van der Waals surface area contributed by atoms with E-state index >= 15 is 0 Å². The molecule has 6 heteroatoms. The van der Waals surface area contributed by atoms with Crippen LogP contribution in [0.1, 0.15) is 41.3 Å². The zero-order chi connectivity index (χ0) is 14.7. The quantitative estimate of drug-likeness (QED) is 0.940. The van der Waals surface area contributed by atoms with Crippen molar-refractivity contribution in [3.05, 3.63) is 47.3 Å². The van der Waals surface area contributed by atoms with Crippen LogP contribution >= 0.6 is 0 Å². The molecule has 0 spiro atoms. The first-order valence-electron chi connectivity index (χ1n) is 7.19. The Hall–Kier alpha value is -2.24. The summed E-state index contributed by atoms with van der Waals surface area (Å²) in [7, 11) is 0. The zero-order valence-corrected chi connectivity index (χ0v) is 11.7. The van der Waals surface area contributed by atoms with Gasteiger partial charge in [0.25, 0.3) is 5.91 Å². The van der Waals surface area contributed by atoms with Crippen LogP contribution in [0.3, 0.4) is 0 Å². The largest absolute Gasteiger partial charge is 0.345 e. The number of hydrogen-bond donors (Lipinski definition) is 1. The van der Waals surface area contributed by atoms with Crippen LogP contribution in [0.4, 0.5) is 4.39 Å². The Morgan fingerprint density at radius 3 is 2.95 bits per heavy atom. The fourth-order valence-electron chi connectivity index (χ4n) is 2.58. The molecule has 0 saturated heterocycles. The van der Waals surface area contributed by atoms with E-state index in [4.69, 9.17) is 0 Å². The molecule has 0 saturated carbocycles. The van der Waals surface area contributed by atoms with Gasteiger partial charge in [-0.05, 0) is 25.0 Å². The maximum atomic E-state index is 13.5. The number of carbonyl (C=O) groups is 1. The molecular formula is C15H17FN4O. The van der Waals surface area contributed by atoms with Crippen LogP contribution in [0.5, 0.6) is 0 Å². The molecule has 0 aliphatic carbocycles. The number of aryl methyl sites for hydroxylation is 1. The van der Waals surface area contributed by atoms with Crippen LogP contribution < -0.4 is 5.32 Å². The molecule has 0 unspecified atom stereocenters. The van der Waals surface area contributed by atoms with Gasteiger partial charge in [0.2, 0.25) is 0 Å². The number of rotatable bonds is 3. The first-order chi connectivity index (χ1) is 10.3. The minimum absolute atomic E-state index is 0.0492. The van der Waals surface area contributed by atoms with E-state index in [0.717, 1.165) is 37.5 Å². The molecule has 5 nitrogen and oxygen atoms in total. The predicted octanol–water partition coefficient (Wildman–Crippen LogP) is 2.07. The van der Waals surface area contributed by atoms with Gasteiger partial charge in [0.15, 0.2) is 5.82 Å². The highest BCUT2D eigenvalue weighted by molar-refractivity contribution is 5.94. The lowest BCUT2D eigenvalue weighted by molar-refractivity contribution is 0.0945. The fourth-order valence-corrected chi connectivity index (χ4v) is 2.58. The van der Waals surface area contributed by atoms with Gasteiger partial charge in [-0.3, -0.25) is 4.79 Å². The monoisotopic (exact) mass is 288 g/mol. The summed E-state index contributed by atoms with van der Waals surface area (Å²) in [4.78, 5) is 12.0. The second kappa shape index (κ2) is 6.03. The van der Waals surface area contributed by atoms with Crippen molar-refractivity contribution in [1.82, 2.24) is 20.1 Å². The maximum absolute atomic E-state index is 13.5. The first kappa shape index (κ1) is 13.7. The fraction of sp³-hybridized carbons (Fsp3) is 0.400. The normalized spacial score (nSPS) is 14.3. The topological polar surface area (TPSA) is 59.8 Å². The molecule has 0 radical (unpaired) electrons. The van der Waals surface area contributed by atoms with Gasteiger partial charge in [-0.15, -0.1) is 10.2 Å². The lowest BCUT2D eigenvalue weighted by Crippen LogP contribution is -2.25. The second-order valence-electron chi connectivity index (χ2n) is 5.16. The molecule has 1 aliphatic heterocycles. The number of benzene rings is 1. The first-order valence-corrected chi connectivity index (χ1v) is 7.19. The van der Waals surface area contributed by atoms with E-state index in [2.05, 4.69) is 20.1 Å². The van der Waals surface area contributed by atoms with Gasteiger partial charge in [-0.2, -0.15) is 0 Å². The van der Waals surface area contributed by atoms with Crippen molar-refractivity contribution in [3.63, 3.8) is 0 Å². The SMILES string of the molecule is O=C(NCc1nnc2n1CCCCC2)c1ccccc1F. The lowest BCUT2D eigenvalue weighted by atomic mass is 10.2. The molecule has 3 rings (SSSR count). The molecule has 1 aromatic heterocycles. The molecule has 1 aromatic carbocycles. The Labute approximate surface area is 122 Å². The molecule has 1 amide bonds. The highest BCUT2D eigenvalue weighted by atomic mass is 19.1. The van der Waals surface area contributed by atoms with Crippen LogP contribution in [0.15, 0.2) is 24.3 Å². The molecule has 2 heterocycles. The molecule has 21 heavy (non-hydrogen) atoms. The third-order valence-corrected chi connectivity index (χ3v) is 3.71. The van der Waals surface area contributed by atoms with Gasteiger partial charge in [0.1, 0.15) is 11.6 Å². The average molecular weight is 288 g/mol. The van der Waals surface area contributed by atoms with Gasteiger partial charge in [-0.1, -0.05) is 18.6 Å². The van der Waals surface area contributed by atoms with E-state index in [9.17, 15) is 9.18 Å². The highest BCUT2D eigenvalue weighted by Gasteiger charge is 2.16. The van der Waals surface area contributed by atoms with Crippen LogP contribution in [0, 0.1) is 5.82 Å². The van der Waals surface area contributed by atoms with E-state index in [0.29, 0.717) is 0 Å². The number of nitrogens with zero attached hydrogens (tertiary/aromatic N) is 3. The predicted molar refractivity (Wildman–Crippen MR) is 75.1 cm³/mol. The summed E-state index contributed by atoms with van der Waals surface area (Å²) in [5.74, 6) is 0.758. The van der Waals surface area contributed by atoms with Crippen molar-refractivity contribution >= 4 is 5.91 Å². The smallest absolute Gasteiger partial charge is 0.254 e. The molecule has 1 N–H and O–H groups in total. The van der Waals surface area contributed by atoms with Crippen molar-refractivity contribution < 1.29 is 9.18 Å². The summed E-state index contributed by atoms with van der Waals surface area (Å²) in [6.45, 7) is 1.15. The Morgan fingerprint density at radius 1 is 1.24 bits per heavy atom. The van der Waals surface area contributed by atoms with Crippen molar-refractivity contribution in [2.75, 3.05) is 0 Å². The minimum atomic E-state index is -0.518. The Morgan fingerprint density at radius 2 is 2.10 bits per heavy atom. The van der Waals surface area contributed by atoms with Gasteiger partial charge in [-0.25, -0.2) is 4.39 Å². The number of carbonyl (C=O) groups excluding carboxylic acids is 1. The van der Waals surface area contributed by atoms with Gasteiger partial charge in [0.05, 0.1) is 12.1 Å². The summed E-state index contributed by atoms with van der Waals surface area (Å²) < 4.78 is 15.6. The van der Waals surface area contributed by atoms with Crippen molar-refractivity contribution in [3.8, 4) is 0 Å². The number of nitrogens with one attached hydrogen (secondary N) is 1. The molecule has 0 fully saturated rings. The Bertz CT molecular complexity index is 653. The molecule has 0 atom stereocenters. The summed E-state index contributed by atoms with van der Waals surface area (Å²) in [6.07, 6.45) is 4.33. The van der Waals surface area contributed by atoms with Crippen LogP contribution in [0.2, 0.25) is 0 Å². The van der Waals surface area contributed by atoms with E-state index in [1.807, 2.05) is 0 Å². The lowest BCUT2D eigenvalue weighted by Gasteiger charge is -2.08. The summed E-state index contributed by atoms with van der Waals surface area (Å²) in [5, 5.41) is 11.0. The van der Waals surface area contributed by atoms with Crippen molar-refractivity contribution in [2.24, 2.45) is 0 Å². The van der Waals surface area contributed by atoms with E-state index in [1.54, 1.807) is 12.1 Å². The van der Waals surface area contributed by atoms with Gasteiger partial charge < -0.3 is 9.88 Å². The van der Waals surface area contributed by atoms with E-state index < -0.39 is 11.7 Å². The van der Waals surface area contributed by atoms with Gasteiger partial charge >= 0.3 is 0 Å². The summed E-state index contributed by atoms with van der Waals surface area (Å²) >= 11 is 0. The molecular weight excluding hydrogens is 271 g/mol. The number of halogens is 1. The van der Waals surface area contributed by atoms with Crippen molar-refractivity contribution in [1.29, 1.82) is 0 Å². The molecule has 1 aliphatic rings. The number of fused-ring (bicyclic) bond motifs is 1. The maximum Gasteiger partial charge on any atom is 0.254 e. The third kappa shape index (κ3) is 2.94. The standard InChI is InChI=1S/C15H17FN4O/c16-12-7-4-3-6-11(12)15(21)17-10-14-19-18-13-8-2-1-5-9-20(13)14/h3-4,6-7H,1-2,5,8-10H2,(H,17,21). The number of aromatic nitrogens is 3. The summed E-state index contributed by atoms with van der Waals surface area (Å²) in [6, 6.07) is 5.94. The number of hydrogen-bond acceptors (Lipinski definition) is 3. The molecule has 110 valence electrons. The van der Waals surface area contributed by atoms with Gasteiger partial charge in [0, 0.05) is 13.0 Å². The number of amides is 1. The van der Waals surface area contributed by atoms with Crippen LogP contribution in [-0.2, 0) is 19.5 Å². The second-order valence-corrected chi connectivity index (χ2v) is 5.16. The third-order valence-electron chi connectivity index (χ3n) is 3.71. The highest BCUT2D eigenvalue weighted by Crippen LogP contribution is 2.14. The Kier molecular flexibility index (Phi) is 3.94. The van der Waals surface area contributed by atoms with E-state index in [-0.39, 0.29) is 12.1 Å². The average Bonchev–Trinajstić information content (AvgIpc) is 2.72. The van der Waals surface area contributed by atoms with Crippen molar-refractivity contribution in [2.45, 2.75) is 38.8 Å². The van der Waals surface area contributed by atoms with Crippen LogP contribution in [0.25, 0.3) is 0 Å². The molecule has 2 aromatic rings.